The molecule has 0 radical (unpaired) electrons. The number of aliphatic carboxylic acids is 1. The molecule has 1 aliphatic heterocycles. The maximum absolute atomic E-state index is 11.1. The van der Waals surface area contributed by atoms with Gasteiger partial charge in [0, 0.05) is 19.3 Å². The first-order chi connectivity index (χ1) is 10.2. The van der Waals surface area contributed by atoms with Gasteiger partial charge in [-0.15, -0.1) is 0 Å². The maximum Gasteiger partial charge on any atom is 0.307 e. The number of likely N-dealkylation sites (tertiary alicyclic amines) is 1. The molecular formula is C16H25N3O2. The zero-order valence-electron chi connectivity index (χ0n) is 12.6. The van der Waals surface area contributed by atoms with E-state index in [1.807, 2.05) is 0 Å². The van der Waals surface area contributed by atoms with Crippen molar-refractivity contribution in [1.82, 2.24) is 14.7 Å². The Bertz CT molecular complexity index is 480. The summed E-state index contributed by atoms with van der Waals surface area (Å²) in [5.41, 5.74) is 1.08. The second-order valence-electron chi connectivity index (χ2n) is 6.49. The van der Waals surface area contributed by atoms with Gasteiger partial charge in [0.05, 0.1) is 17.7 Å². The number of hydrogen-bond donors (Lipinski definition) is 1. The van der Waals surface area contributed by atoms with Crippen LogP contribution in [0.15, 0.2) is 12.3 Å². The lowest BCUT2D eigenvalue weighted by Crippen LogP contribution is -2.38. The number of aromatic nitrogens is 2. The number of carboxylic acids is 1. The molecule has 0 spiro atoms. The molecule has 116 valence electrons. The van der Waals surface area contributed by atoms with Crippen LogP contribution in [0.1, 0.15) is 56.7 Å². The van der Waals surface area contributed by atoms with E-state index in [-0.39, 0.29) is 5.92 Å². The highest BCUT2D eigenvalue weighted by Crippen LogP contribution is 2.27. The molecule has 3 rings (SSSR count). The van der Waals surface area contributed by atoms with Crippen molar-refractivity contribution in [3.8, 4) is 0 Å². The molecule has 0 aromatic carbocycles. The Hall–Kier alpha value is -1.36. The lowest BCUT2D eigenvalue weighted by Gasteiger charge is -2.30. The average molecular weight is 291 g/mol. The van der Waals surface area contributed by atoms with Gasteiger partial charge >= 0.3 is 5.97 Å². The molecule has 0 amide bonds. The van der Waals surface area contributed by atoms with Gasteiger partial charge < -0.3 is 5.11 Å². The molecule has 1 atom stereocenters. The van der Waals surface area contributed by atoms with E-state index in [0.29, 0.717) is 12.6 Å². The van der Waals surface area contributed by atoms with E-state index in [4.69, 9.17) is 10.2 Å². The summed E-state index contributed by atoms with van der Waals surface area (Å²) < 4.78 is 2.13. The van der Waals surface area contributed by atoms with Crippen LogP contribution in [-0.4, -0.2) is 38.8 Å². The number of hydrogen-bond acceptors (Lipinski definition) is 3. The van der Waals surface area contributed by atoms with Gasteiger partial charge in [0.2, 0.25) is 0 Å². The monoisotopic (exact) mass is 291 g/mol. The second-order valence-corrected chi connectivity index (χ2v) is 6.49. The van der Waals surface area contributed by atoms with E-state index in [1.165, 1.54) is 32.1 Å². The smallest absolute Gasteiger partial charge is 0.307 e. The Morgan fingerprint density at radius 1 is 1.24 bits per heavy atom. The SMILES string of the molecule is O=C(O)C1CCCN(Cc2ccn(C3CCCCC3)n2)C1. The van der Waals surface area contributed by atoms with Crippen molar-refractivity contribution in [1.29, 1.82) is 0 Å². The predicted octanol–water partition coefficient (Wildman–Crippen LogP) is 2.68. The quantitative estimate of drug-likeness (QED) is 0.926. The fourth-order valence-corrected chi connectivity index (χ4v) is 3.64. The van der Waals surface area contributed by atoms with Gasteiger partial charge in [-0.05, 0) is 38.3 Å². The third-order valence-electron chi connectivity index (χ3n) is 4.85. The Morgan fingerprint density at radius 3 is 2.81 bits per heavy atom. The molecule has 1 saturated heterocycles. The molecule has 2 aliphatic rings. The molecule has 1 aromatic heterocycles. The molecule has 2 fully saturated rings. The van der Waals surface area contributed by atoms with Crippen LogP contribution in [-0.2, 0) is 11.3 Å². The number of nitrogens with zero attached hydrogens (tertiary/aromatic N) is 3. The maximum atomic E-state index is 11.1. The minimum Gasteiger partial charge on any atom is -0.481 e. The number of carbonyl (C=O) groups is 1. The van der Waals surface area contributed by atoms with Crippen LogP contribution in [0.3, 0.4) is 0 Å². The summed E-state index contributed by atoms with van der Waals surface area (Å²) in [6.45, 7) is 2.43. The summed E-state index contributed by atoms with van der Waals surface area (Å²) in [6, 6.07) is 2.67. The summed E-state index contributed by atoms with van der Waals surface area (Å²) in [6.07, 6.45) is 10.3. The predicted molar refractivity (Wildman–Crippen MR) is 80.0 cm³/mol. The molecule has 1 aliphatic carbocycles. The van der Waals surface area contributed by atoms with E-state index in [0.717, 1.165) is 31.6 Å². The van der Waals surface area contributed by atoms with Crippen LogP contribution in [0.4, 0.5) is 0 Å². The molecule has 2 heterocycles. The van der Waals surface area contributed by atoms with Crippen LogP contribution < -0.4 is 0 Å². The molecule has 5 nitrogen and oxygen atoms in total. The zero-order chi connectivity index (χ0) is 14.7. The Balaban J connectivity index is 1.57. The van der Waals surface area contributed by atoms with Gasteiger partial charge in [-0.25, -0.2) is 0 Å². The fourth-order valence-electron chi connectivity index (χ4n) is 3.64. The molecular weight excluding hydrogens is 266 g/mol. The average Bonchev–Trinajstić information content (AvgIpc) is 2.97. The van der Waals surface area contributed by atoms with Gasteiger partial charge in [0.25, 0.3) is 0 Å². The van der Waals surface area contributed by atoms with Gasteiger partial charge in [-0.2, -0.15) is 5.10 Å². The molecule has 1 N–H and O–H groups in total. The highest BCUT2D eigenvalue weighted by Gasteiger charge is 2.25. The van der Waals surface area contributed by atoms with E-state index in [1.54, 1.807) is 0 Å². The van der Waals surface area contributed by atoms with Gasteiger partial charge in [0.15, 0.2) is 0 Å². The van der Waals surface area contributed by atoms with Crippen molar-refractivity contribution in [3.63, 3.8) is 0 Å². The third kappa shape index (κ3) is 3.64. The van der Waals surface area contributed by atoms with Gasteiger partial charge in [-0.1, -0.05) is 19.3 Å². The first-order valence-electron chi connectivity index (χ1n) is 8.21. The van der Waals surface area contributed by atoms with Crippen molar-refractivity contribution < 1.29 is 9.90 Å². The Kier molecular flexibility index (Phi) is 4.58. The summed E-state index contributed by atoms with van der Waals surface area (Å²) in [7, 11) is 0. The number of piperidine rings is 1. The fraction of sp³-hybridized carbons (Fsp3) is 0.750. The highest BCUT2D eigenvalue weighted by atomic mass is 16.4. The van der Waals surface area contributed by atoms with Crippen molar-refractivity contribution in [2.45, 2.75) is 57.5 Å². The second kappa shape index (κ2) is 6.60. The highest BCUT2D eigenvalue weighted by molar-refractivity contribution is 5.70. The molecule has 5 heteroatoms. The van der Waals surface area contributed by atoms with E-state index >= 15 is 0 Å². The summed E-state index contributed by atoms with van der Waals surface area (Å²) in [4.78, 5) is 13.3. The van der Waals surface area contributed by atoms with E-state index in [9.17, 15) is 4.79 Å². The summed E-state index contributed by atoms with van der Waals surface area (Å²) >= 11 is 0. The van der Waals surface area contributed by atoms with Crippen LogP contribution >= 0.6 is 0 Å². The summed E-state index contributed by atoms with van der Waals surface area (Å²) in [5.74, 6) is -0.869. The van der Waals surface area contributed by atoms with Crippen LogP contribution in [0.25, 0.3) is 0 Å². The normalized spacial score (nSPS) is 25.0. The lowest BCUT2D eigenvalue weighted by atomic mass is 9.96. The van der Waals surface area contributed by atoms with Crippen molar-refractivity contribution in [3.05, 3.63) is 18.0 Å². The van der Waals surface area contributed by atoms with E-state index < -0.39 is 5.97 Å². The van der Waals surface area contributed by atoms with Gasteiger partial charge in [-0.3, -0.25) is 14.4 Å². The Labute approximate surface area is 125 Å². The summed E-state index contributed by atoms with van der Waals surface area (Å²) in [5, 5.41) is 13.9. The third-order valence-corrected chi connectivity index (χ3v) is 4.85. The molecule has 1 aromatic rings. The van der Waals surface area contributed by atoms with E-state index in [2.05, 4.69) is 21.8 Å². The number of carboxylic acid groups (broad SMARTS) is 1. The largest absolute Gasteiger partial charge is 0.481 e. The molecule has 1 saturated carbocycles. The lowest BCUT2D eigenvalue weighted by molar-refractivity contribution is -0.143. The zero-order valence-corrected chi connectivity index (χ0v) is 12.6. The number of rotatable bonds is 4. The van der Waals surface area contributed by atoms with Gasteiger partial charge in [0.1, 0.15) is 0 Å². The topological polar surface area (TPSA) is 58.4 Å². The van der Waals surface area contributed by atoms with Crippen LogP contribution in [0.2, 0.25) is 0 Å². The van der Waals surface area contributed by atoms with Crippen molar-refractivity contribution >= 4 is 5.97 Å². The van der Waals surface area contributed by atoms with Crippen molar-refractivity contribution in [2.24, 2.45) is 5.92 Å². The van der Waals surface area contributed by atoms with Crippen molar-refractivity contribution in [2.75, 3.05) is 13.1 Å². The molecule has 0 bridgehead atoms. The molecule has 1 unspecified atom stereocenters. The minimum absolute atomic E-state index is 0.209. The van der Waals surface area contributed by atoms with Crippen LogP contribution in [0, 0.1) is 5.92 Å². The Morgan fingerprint density at radius 2 is 2.05 bits per heavy atom. The standard InChI is InChI=1S/C16H25N3O2/c20-16(21)13-5-4-9-18(11-13)12-14-8-10-19(17-14)15-6-2-1-3-7-15/h8,10,13,15H,1-7,9,11-12H2,(H,20,21). The first-order valence-corrected chi connectivity index (χ1v) is 8.21. The first kappa shape index (κ1) is 14.6. The van der Waals surface area contributed by atoms with Crippen LogP contribution in [0.5, 0.6) is 0 Å². The molecule has 21 heavy (non-hydrogen) atoms. The minimum atomic E-state index is -0.660.